The molecule has 1 aromatic heterocycles. The van der Waals surface area contributed by atoms with Gasteiger partial charge < -0.3 is 0 Å². The molecular formula is C11H17N3O. The second-order valence-electron chi connectivity index (χ2n) is 4.36. The number of Topliss-reactive ketones (excluding diaryl/α,β-unsaturated/α-hetero) is 1. The third-order valence-electron chi connectivity index (χ3n) is 3.07. The summed E-state index contributed by atoms with van der Waals surface area (Å²) in [5.74, 6) is 0.621. The van der Waals surface area contributed by atoms with Crippen molar-refractivity contribution < 1.29 is 4.79 Å². The summed E-state index contributed by atoms with van der Waals surface area (Å²) < 4.78 is 1.64. The standard InChI is InChI=1S/C11H17N3O/c1-14-8-10(12-13-14)7-11(15)9-5-3-2-4-6-9/h8-9H,2-7H2,1H3. The lowest BCUT2D eigenvalue weighted by atomic mass is 9.85. The highest BCUT2D eigenvalue weighted by molar-refractivity contribution is 5.82. The topological polar surface area (TPSA) is 47.8 Å². The van der Waals surface area contributed by atoms with Crippen molar-refractivity contribution in [3.8, 4) is 0 Å². The molecule has 0 bridgehead atoms. The minimum atomic E-state index is 0.278. The van der Waals surface area contributed by atoms with Gasteiger partial charge in [-0.3, -0.25) is 9.48 Å². The van der Waals surface area contributed by atoms with Crippen LogP contribution < -0.4 is 0 Å². The molecule has 1 aliphatic carbocycles. The molecule has 0 N–H and O–H groups in total. The van der Waals surface area contributed by atoms with Crippen LogP contribution in [0.2, 0.25) is 0 Å². The number of ketones is 1. The zero-order chi connectivity index (χ0) is 10.7. The summed E-state index contributed by atoms with van der Waals surface area (Å²) in [5.41, 5.74) is 0.799. The highest BCUT2D eigenvalue weighted by Crippen LogP contribution is 2.25. The zero-order valence-corrected chi connectivity index (χ0v) is 9.15. The van der Waals surface area contributed by atoms with Gasteiger partial charge in [0.15, 0.2) is 0 Å². The molecule has 1 aliphatic rings. The van der Waals surface area contributed by atoms with E-state index in [1.807, 2.05) is 13.2 Å². The Labute approximate surface area is 89.7 Å². The molecule has 1 aromatic rings. The van der Waals surface area contributed by atoms with Crippen molar-refractivity contribution in [1.82, 2.24) is 15.0 Å². The van der Waals surface area contributed by atoms with Crippen LogP contribution in [0.15, 0.2) is 6.20 Å². The molecule has 4 nitrogen and oxygen atoms in total. The van der Waals surface area contributed by atoms with E-state index in [-0.39, 0.29) is 5.92 Å². The van der Waals surface area contributed by atoms with Gasteiger partial charge in [0.05, 0.1) is 12.1 Å². The van der Waals surface area contributed by atoms with Crippen LogP contribution in [0.5, 0.6) is 0 Å². The molecular weight excluding hydrogens is 190 g/mol. The van der Waals surface area contributed by atoms with Gasteiger partial charge in [0.2, 0.25) is 0 Å². The van der Waals surface area contributed by atoms with Crippen LogP contribution in [0.1, 0.15) is 37.8 Å². The highest BCUT2D eigenvalue weighted by atomic mass is 16.1. The summed E-state index contributed by atoms with van der Waals surface area (Å²) in [7, 11) is 1.82. The molecule has 15 heavy (non-hydrogen) atoms. The van der Waals surface area contributed by atoms with E-state index >= 15 is 0 Å². The maximum atomic E-state index is 11.9. The molecule has 82 valence electrons. The average molecular weight is 207 g/mol. The molecule has 2 rings (SSSR count). The second-order valence-corrected chi connectivity index (χ2v) is 4.36. The third-order valence-corrected chi connectivity index (χ3v) is 3.07. The molecule has 1 saturated carbocycles. The molecule has 4 heteroatoms. The number of hydrogen-bond acceptors (Lipinski definition) is 3. The van der Waals surface area contributed by atoms with E-state index in [1.165, 1.54) is 19.3 Å². The minimum Gasteiger partial charge on any atom is -0.299 e. The predicted octanol–water partition coefficient (Wildman–Crippen LogP) is 1.51. The van der Waals surface area contributed by atoms with Crippen molar-refractivity contribution >= 4 is 5.78 Å². The number of aromatic nitrogens is 3. The van der Waals surface area contributed by atoms with E-state index in [0.717, 1.165) is 18.5 Å². The van der Waals surface area contributed by atoms with E-state index < -0.39 is 0 Å². The Morgan fingerprint density at radius 2 is 2.20 bits per heavy atom. The summed E-state index contributed by atoms with van der Waals surface area (Å²) in [4.78, 5) is 11.9. The smallest absolute Gasteiger partial charge is 0.142 e. The van der Waals surface area contributed by atoms with Crippen LogP contribution >= 0.6 is 0 Å². The van der Waals surface area contributed by atoms with Crippen molar-refractivity contribution in [2.45, 2.75) is 38.5 Å². The van der Waals surface area contributed by atoms with Gasteiger partial charge in [0.1, 0.15) is 5.78 Å². The molecule has 1 heterocycles. The number of rotatable bonds is 3. The maximum Gasteiger partial charge on any atom is 0.142 e. The summed E-state index contributed by atoms with van der Waals surface area (Å²) in [6.07, 6.45) is 8.11. The van der Waals surface area contributed by atoms with Gasteiger partial charge >= 0.3 is 0 Å². The summed E-state index contributed by atoms with van der Waals surface area (Å²) in [6, 6.07) is 0. The summed E-state index contributed by atoms with van der Waals surface area (Å²) in [6.45, 7) is 0. The fraction of sp³-hybridized carbons (Fsp3) is 0.727. The first-order valence-corrected chi connectivity index (χ1v) is 5.63. The Morgan fingerprint density at radius 1 is 1.47 bits per heavy atom. The van der Waals surface area contributed by atoms with Crippen LogP contribution in [0.25, 0.3) is 0 Å². The second kappa shape index (κ2) is 4.55. The molecule has 0 aliphatic heterocycles. The molecule has 0 atom stereocenters. The number of aryl methyl sites for hydroxylation is 1. The molecule has 0 saturated heterocycles. The van der Waals surface area contributed by atoms with Gasteiger partial charge in [-0.2, -0.15) is 0 Å². The Balaban J connectivity index is 1.91. The van der Waals surface area contributed by atoms with Crippen LogP contribution in [-0.2, 0) is 18.3 Å². The van der Waals surface area contributed by atoms with Crippen LogP contribution in [0.3, 0.4) is 0 Å². The normalized spacial score (nSPS) is 17.9. The van der Waals surface area contributed by atoms with Crippen molar-refractivity contribution in [2.24, 2.45) is 13.0 Å². The third kappa shape index (κ3) is 2.64. The highest BCUT2D eigenvalue weighted by Gasteiger charge is 2.21. The van der Waals surface area contributed by atoms with E-state index in [1.54, 1.807) is 4.68 Å². The first-order valence-electron chi connectivity index (χ1n) is 5.63. The lowest BCUT2D eigenvalue weighted by Crippen LogP contribution is -2.19. The van der Waals surface area contributed by atoms with Gasteiger partial charge in [0.25, 0.3) is 0 Å². The van der Waals surface area contributed by atoms with Crippen molar-refractivity contribution in [3.05, 3.63) is 11.9 Å². The fourth-order valence-corrected chi connectivity index (χ4v) is 2.22. The Bertz CT molecular complexity index is 339. The molecule has 0 aromatic carbocycles. The molecule has 0 spiro atoms. The van der Waals surface area contributed by atoms with Gasteiger partial charge in [-0.05, 0) is 12.8 Å². The number of hydrogen-bond donors (Lipinski definition) is 0. The lowest BCUT2D eigenvalue weighted by molar-refractivity contribution is -0.123. The molecule has 1 fully saturated rings. The van der Waals surface area contributed by atoms with Crippen LogP contribution in [0.4, 0.5) is 0 Å². The Kier molecular flexibility index (Phi) is 3.14. The Morgan fingerprint density at radius 3 is 2.80 bits per heavy atom. The average Bonchev–Trinajstić information content (AvgIpc) is 2.65. The van der Waals surface area contributed by atoms with Crippen molar-refractivity contribution in [2.75, 3.05) is 0 Å². The van der Waals surface area contributed by atoms with Crippen LogP contribution in [-0.4, -0.2) is 20.8 Å². The number of nitrogens with zero attached hydrogens (tertiary/aromatic N) is 3. The zero-order valence-electron chi connectivity index (χ0n) is 9.15. The van der Waals surface area contributed by atoms with Crippen LogP contribution in [0, 0.1) is 5.92 Å². The van der Waals surface area contributed by atoms with Crippen molar-refractivity contribution in [1.29, 1.82) is 0 Å². The largest absolute Gasteiger partial charge is 0.299 e. The van der Waals surface area contributed by atoms with Gasteiger partial charge in [-0.15, -0.1) is 5.10 Å². The summed E-state index contributed by atoms with van der Waals surface area (Å²) in [5, 5.41) is 7.77. The minimum absolute atomic E-state index is 0.278. The van der Waals surface area contributed by atoms with Crippen molar-refractivity contribution in [3.63, 3.8) is 0 Å². The Hall–Kier alpha value is -1.19. The molecule has 0 unspecified atom stereocenters. The van der Waals surface area contributed by atoms with Gasteiger partial charge in [-0.1, -0.05) is 24.5 Å². The lowest BCUT2D eigenvalue weighted by Gasteiger charge is -2.19. The first-order chi connectivity index (χ1) is 7.25. The fourth-order valence-electron chi connectivity index (χ4n) is 2.22. The van der Waals surface area contributed by atoms with Gasteiger partial charge in [0, 0.05) is 19.2 Å². The van der Waals surface area contributed by atoms with E-state index in [2.05, 4.69) is 10.3 Å². The summed E-state index contributed by atoms with van der Waals surface area (Å²) >= 11 is 0. The van der Waals surface area contributed by atoms with E-state index in [0.29, 0.717) is 12.2 Å². The predicted molar refractivity (Wildman–Crippen MR) is 56.3 cm³/mol. The SMILES string of the molecule is Cn1cc(CC(=O)C2CCCCC2)nn1. The number of carbonyl (C=O) groups excluding carboxylic acids is 1. The van der Waals surface area contributed by atoms with E-state index in [4.69, 9.17) is 0 Å². The number of carbonyl (C=O) groups is 1. The molecule has 0 radical (unpaired) electrons. The first kappa shape index (κ1) is 10.3. The maximum absolute atomic E-state index is 11.9. The van der Waals surface area contributed by atoms with Gasteiger partial charge in [-0.25, -0.2) is 0 Å². The monoisotopic (exact) mass is 207 g/mol. The van der Waals surface area contributed by atoms with E-state index in [9.17, 15) is 4.79 Å². The molecule has 0 amide bonds. The quantitative estimate of drug-likeness (QED) is 0.754.